The fraction of sp³-hybridized carbons (Fsp3) is 0.818. The third kappa shape index (κ3) is 2.14. The Hall–Kier alpha value is -1.02. The molecule has 1 aromatic heterocycles. The van der Waals surface area contributed by atoms with Crippen molar-refractivity contribution in [1.29, 1.82) is 0 Å². The van der Waals surface area contributed by atoms with Gasteiger partial charge in [0.05, 0.1) is 12.1 Å². The lowest BCUT2D eigenvalue weighted by atomic mass is 10.1. The van der Waals surface area contributed by atoms with Crippen molar-refractivity contribution >= 4 is 0 Å². The summed E-state index contributed by atoms with van der Waals surface area (Å²) in [6, 6.07) is -0.140. The first-order chi connectivity index (χ1) is 8.78. The van der Waals surface area contributed by atoms with E-state index in [1.807, 2.05) is 0 Å². The molecule has 7 heteroatoms. The normalized spacial score (nSPS) is 32.7. The van der Waals surface area contributed by atoms with Crippen molar-refractivity contribution in [2.45, 2.75) is 18.5 Å². The average Bonchev–Trinajstić information content (AvgIpc) is 2.90. The van der Waals surface area contributed by atoms with E-state index < -0.39 is 0 Å². The highest BCUT2D eigenvalue weighted by molar-refractivity contribution is 5.02. The van der Waals surface area contributed by atoms with Gasteiger partial charge in [-0.25, -0.2) is 0 Å². The third-order valence-corrected chi connectivity index (χ3v) is 3.79. The van der Waals surface area contributed by atoms with E-state index in [0.29, 0.717) is 12.3 Å². The second-order valence-electron chi connectivity index (χ2n) is 4.96. The zero-order chi connectivity index (χ0) is 12.5. The van der Waals surface area contributed by atoms with Crippen LogP contribution >= 0.6 is 0 Å². The van der Waals surface area contributed by atoms with Gasteiger partial charge in [-0.2, -0.15) is 4.98 Å². The summed E-state index contributed by atoms with van der Waals surface area (Å²) in [5.41, 5.74) is 5.84. The largest absolute Gasteiger partial charge is 0.396 e. The van der Waals surface area contributed by atoms with Gasteiger partial charge in [-0.3, -0.25) is 9.80 Å². The molecule has 3 saturated heterocycles. The molecule has 3 fully saturated rings. The smallest absolute Gasteiger partial charge is 0.243 e. The molecule has 3 aliphatic heterocycles. The van der Waals surface area contributed by atoms with E-state index in [-0.39, 0.29) is 18.7 Å². The first-order valence-electron chi connectivity index (χ1n) is 6.44. The number of nitrogens with two attached hydrogens (primary N) is 1. The van der Waals surface area contributed by atoms with Gasteiger partial charge < -0.3 is 15.4 Å². The number of hydrogen-bond acceptors (Lipinski definition) is 7. The van der Waals surface area contributed by atoms with Crippen LogP contribution in [0.5, 0.6) is 0 Å². The second kappa shape index (κ2) is 4.93. The van der Waals surface area contributed by atoms with Gasteiger partial charge in [-0.15, -0.1) is 0 Å². The maximum atomic E-state index is 8.85. The SMILES string of the molecule is NC(CCO)c1nc(C2CN3CCN2CC3)no1. The molecule has 0 spiro atoms. The van der Waals surface area contributed by atoms with Gasteiger partial charge >= 0.3 is 0 Å². The van der Waals surface area contributed by atoms with E-state index in [4.69, 9.17) is 15.4 Å². The lowest BCUT2D eigenvalue weighted by Gasteiger charge is -2.46. The molecule has 4 rings (SSSR count). The fourth-order valence-corrected chi connectivity index (χ4v) is 2.66. The standard InChI is InChI=1S/C11H19N5O2/c12-8(1-6-17)11-13-10(14-18-11)9-7-15-2-4-16(9)5-3-15/h8-9,17H,1-7,12H2. The zero-order valence-corrected chi connectivity index (χ0v) is 10.3. The molecule has 0 saturated carbocycles. The van der Waals surface area contributed by atoms with Crippen LogP contribution in [0.1, 0.15) is 30.2 Å². The average molecular weight is 253 g/mol. The van der Waals surface area contributed by atoms with Crippen LogP contribution in [-0.4, -0.2) is 64.4 Å². The van der Waals surface area contributed by atoms with Crippen LogP contribution in [0.25, 0.3) is 0 Å². The van der Waals surface area contributed by atoms with Crippen molar-refractivity contribution in [1.82, 2.24) is 19.9 Å². The molecule has 0 aliphatic carbocycles. The predicted octanol–water partition coefficient (Wildman–Crippen LogP) is -0.876. The van der Waals surface area contributed by atoms with E-state index >= 15 is 0 Å². The fourth-order valence-electron chi connectivity index (χ4n) is 2.66. The van der Waals surface area contributed by atoms with Crippen molar-refractivity contribution in [3.63, 3.8) is 0 Å². The quantitative estimate of drug-likeness (QED) is 0.720. The maximum Gasteiger partial charge on any atom is 0.243 e. The highest BCUT2D eigenvalue weighted by Gasteiger charge is 2.35. The van der Waals surface area contributed by atoms with Gasteiger partial charge in [0, 0.05) is 39.3 Å². The number of piperazine rings is 3. The van der Waals surface area contributed by atoms with Gasteiger partial charge in [-0.05, 0) is 6.42 Å². The molecule has 100 valence electrons. The van der Waals surface area contributed by atoms with Crippen LogP contribution in [0.2, 0.25) is 0 Å². The summed E-state index contributed by atoms with van der Waals surface area (Å²) in [6.07, 6.45) is 0.447. The number of fused-ring (bicyclic) bond motifs is 3. The summed E-state index contributed by atoms with van der Waals surface area (Å²) < 4.78 is 5.20. The van der Waals surface area contributed by atoms with Crippen molar-refractivity contribution in [2.24, 2.45) is 5.73 Å². The molecule has 1 aromatic rings. The predicted molar refractivity (Wildman–Crippen MR) is 63.7 cm³/mol. The Balaban J connectivity index is 1.73. The molecular weight excluding hydrogens is 234 g/mol. The molecule has 0 amide bonds. The van der Waals surface area contributed by atoms with Gasteiger partial charge in [0.2, 0.25) is 5.89 Å². The minimum atomic E-state index is -0.368. The number of aromatic nitrogens is 2. The summed E-state index contributed by atoms with van der Waals surface area (Å²) in [5.74, 6) is 1.15. The molecule has 18 heavy (non-hydrogen) atoms. The highest BCUT2D eigenvalue weighted by Crippen LogP contribution is 2.27. The molecule has 0 radical (unpaired) electrons. The van der Waals surface area contributed by atoms with Crippen molar-refractivity contribution in [3.05, 3.63) is 11.7 Å². The summed E-state index contributed by atoms with van der Waals surface area (Å²) in [7, 11) is 0. The topological polar surface area (TPSA) is 91.7 Å². The van der Waals surface area contributed by atoms with Gasteiger partial charge in [0.1, 0.15) is 0 Å². The number of nitrogens with zero attached hydrogens (tertiary/aromatic N) is 4. The zero-order valence-electron chi connectivity index (χ0n) is 10.3. The molecule has 0 aromatic carbocycles. The van der Waals surface area contributed by atoms with E-state index in [2.05, 4.69) is 19.9 Å². The monoisotopic (exact) mass is 253 g/mol. The molecule has 7 nitrogen and oxygen atoms in total. The van der Waals surface area contributed by atoms with Crippen LogP contribution in [-0.2, 0) is 0 Å². The van der Waals surface area contributed by atoms with E-state index in [1.54, 1.807) is 0 Å². The van der Waals surface area contributed by atoms with Crippen LogP contribution in [0, 0.1) is 0 Å². The number of aliphatic hydroxyl groups is 1. The minimum Gasteiger partial charge on any atom is -0.396 e. The van der Waals surface area contributed by atoms with Gasteiger partial charge in [0.15, 0.2) is 5.82 Å². The molecule has 3 N–H and O–H groups in total. The van der Waals surface area contributed by atoms with E-state index in [9.17, 15) is 0 Å². The minimum absolute atomic E-state index is 0.0300. The Morgan fingerprint density at radius 1 is 1.39 bits per heavy atom. The van der Waals surface area contributed by atoms with E-state index in [0.717, 1.165) is 38.5 Å². The van der Waals surface area contributed by atoms with Crippen molar-refractivity contribution in [2.75, 3.05) is 39.3 Å². The Bertz CT molecular complexity index is 402. The molecule has 2 bridgehead atoms. The number of rotatable bonds is 4. The summed E-state index contributed by atoms with van der Waals surface area (Å²) in [6.45, 7) is 5.39. The molecule has 4 heterocycles. The summed E-state index contributed by atoms with van der Waals surface area (Å²) in [4.78, 5) is 9.21. The van der Waals surface area contributed by atoms with Crippen molar-refractivity contribution < 1.29 is 9.63 Å². The molecule has 2 unspecified atom stereocenters. The summed E-state index contributed by atoms with van der Waals surface area (Å²) in [5, 5.41) is 12.9. The highest BCUT2D eigenvalue weighted by atomic mass is 16.5. The first-order valence-corrected chi connectivity index (χ1v) is 6.44. The van der Waals surface area contributed by atoms with Crippen LogP contribution < -0.4 is 5.73 Å². The van der Waals surface area contributed by atoms with Gasteiger partial charge in [0.25, 0.3) is 0 Å². The number of hydrogen-bond donors (Lipinski definition) is 2. The van der Waals surface area contributed by atoms with Crippen LogP contribution in [0.4, 0.5) is 0 Å². The maximum absolute atomic E-state index is 8.85. The van der Waals surface area contributed by atoms with Crippen LogP contribution in [0.15, 0.2) is 4.52 Å². The molecular formula is C11H19N5O2. The lowest BCUT2D eigenvalue weighted by molar-refractivity contribution is 0.00781. The lowest BCUT2D eigenvalue weighted by Crippen LogP contribution is -2.57. The molecule has 3 aliphatic rings. The van der Waals surface area contributed by atoms with Crippen LogP contribution in [0.3, 0.4) is 0 Å². The Morgan fingerprint density at radius 2 is 2.17 bits per heavy atom. The van der Waals surface area contributed by atoms with E-state index in [1.165, 1.54) is 0 Å². The summed E-state index contributed by atoms with van der Waals surface area (Å²) >= 11 is 0. The van der Waals surface area contributed by atoms with Gasteiger partial charge in [-0.1, -0.05) is 5.16 Å². The van der Waals surface area contributed by atoms with Crippen molar-refractivity contribution in [3.8, 4) is 0 Å². The third-order valence-electron chi connectivity index (χ3n) is 3.79. The first kappa shape index (κ1) is 12.0. The second-order valence-corrected chi connectivity index (χ2v) is 4.96. The Labute approximate surface area is 106 Å². The number of aliphatic hydroxyl groups excluding tert-OH is 1. The Morgan fingerprint density at radius 3 is 2.78 bits per heavy atom. The Kier molecular flexibility index (Phi) is 3.29. The molecule has 2 atom stereocenters.